The molecule has 0 spiro atoms. The highest BCUT2D eigenvalue weighted by atomic mass is 16.5. The van der Waals surface area contributed by atoms with Gasteiger partial charge in [-0.2, -0.15) is 0 Å². The van der Waals surface area contributed by atoms with E-state index in [1.807, 2.05) is 0 Å². The summed E-state index contributed by atoms with van der Waals surface area (Å²) in [6.07, 6.45) is 2.04. The highest BCUT2D eigenvalue weighted by Crippen LogP contribution is 2.10. The first-order valence-electron chi connectivity index (χ1n) is 8.51. The topological polar surface area (TPSA) is 103 Å². The zero-order valence-corrected chi connectivity index (χ0v) is 15.2. The van der Waals surface area contributed by atoms with E-state index < -0.39 is 17.2 Å². The van der Waals surface area contributed by atoms with Crippen molar-refractivity contribution in [1.29, 1.82) is 0 Å². The number of carbonyl (C=O) groups excluding carboxylic acids is 1. The summed E-state index contributed by atoms with van der Waals surface area (Å²) in [4.78, 5) is 44.0. The van der Waals surface area contributed by atoms with Crippen LogP contribution in [0.15, 0.2) is 9.59 Å². The van der Waals surface area contributed by atoms with Crippen LogP contribution in [0, 0.1) is 0 Å². The van der Waals surface area contributed by atoms with Gasteiger partial charge in [0.2, 0.25) is 0 Å². The maximum Gasteiger partial charge on any atom is 0.329 e. The number of H-pyrrole nitrogens is 1. The van der Waals surface area contributed by atoms with E-state index in [0.29, 0.717) is 12.4 Å². The number of nitrogens with one attached hydrogen (secondary N) is 2. The molecule has 2 N–H and O–H groups in total. The van der Waals surface area contributed by atoms with Crippen LogP contribution in [0.1, 0.15) is 32.5 Å². The van der Waals surface area contributed by atoms with Crippen molar-refractivity contribution in [2.24, 2.45) is 7.05 Å². The number of fused-ring (bicyclic) bond motifs is 1. The number of ether oxygens (including phenoxy) is 1. The number of quaternary nitrogens is 1. The van der Waals surface area contributed by atoms with Crippen LogP contribution in [-0.4, -0.2) is 45.3 Å². The number of esters is 1. The van der Waals surface area contributed by atoms with Gasteiger partial charge < -0.3 is 14.2 Å². The monoisotopic (exact) mass is 352 g/mol. The zero-order chi connectivity index (χ0) is 18.6. The first-order valence-corrected chi connectivity index (χ1v) is 8.51. The molecular formula is C16H26N5O4+. The van der Waals surface area contributed by atoms with Gasteiger partial charge in [-0.3, -0.25) is 19.1 Å². The van der Waals surface area contributed by atoms with Crippen LogP contribution in [0.3, 0.4) is 0 Å². The summed E-state index contributed by atoms with van der Waals surface area (Å²) in [7, 11) is 2.84. The molecule has 0 unspecified atom stereocenters. The molecule has 0 aliphatic rings. The number of aromatic amines is 1. The lowest BCUT2D eigenvalue weighted by molar-refractivity contribution is -0.914. The summed E-state index contributed by atoms with van der Waals surface area (Å²) in [5.41, 5.74) is -0.582. The molecule has 0 fully saturated rings. The Morgan fingerprint density at radius 3 is 2.44 bits per heavy atom. The molecule has 0 amide bonds. The van der Waals surface area contributed by atoms with Gasteiger partial charge in [-0.1, -0.05) is 13.8 Å². The second-order valence-corrected chi connectivity index (χ2v) is 6.11. The van der Waals surface area contributed by atoms with Gasteiger partial charge in [-0.15, -0.1) is 0 Å². The number of nitrogens with zero attached hydrogens (tertiary/aromatic N) is 3. The van der Waals surface area contributed by atoms with Crippen molar-refractivity contribution in [1.82, 2.24) is 19.1 Å². The quantitative estimate of drug-likeness (QED) is 0.581. The minimum absolute atomic E-state index is 0.116. The molecule has 0 aliphatic heterocycles. The maximum atomic E-state index is 12.3. The fraction of sp³-hybridized carbons (Fsp3) is 0.625. The Hall–Kier alpha value is -2.42. The van der Waals surface area contributed by atoms with E-state index in [9.17, 15) is 14.4 Å². The van der Waals surface area contributed by atoms with Crippen LogP contribution in [0.4, 0.5) is 0 Å². The molecule has 2 heterocycles. The zero-order valence-electron chi connectivity index (χ0n) is 15.2. The number of aromatic nitrogens is 4. The molecule has 2 aromatic heterocycles. The molecule has 9 nitrogen and oxygen atoms in total. The Bertz CT molecular complexity index is 858. The maximum absolute atomic E-state index is 12.3. The average molecular weight is 352 g/mol. The Kier molecular flexibility index (Phi) is 6.13. The Labute approximate surface area is 145 Å². The van der Waals surface area contributed by atoms with Gasteiger partial charge in [-0.25, -0.2) is 9.78 Å². The third-order valence-corrected chi connectivity index (χ3v) is 4.22. The first-order chi connectivity index (χ1) is 11.9. The van der Waals surface area contributed by atoms with Crippen LogP contribution in [-0.2, 0) is 29.7 Å². The van der Waals surface area contributed by atoms with E-state index in [1.54, 1.807) is 11.6 Å². The van der Waals surface area contributed by atoms with Gasteiger partial charge in [-0.05, 0) is 12.8 Å². The third-order valence-electron chi connectivity index (χ3n) is 4.22. The van der Waals surface area contributed by atoms with Crippen molar-refractivity contribution < 1.29 is 14.4 Å². The van der Waals surface area contributed by atoms with Gasteiger partial charge in [0.25, 0.3) is 5.56 Å². The number of carbonyl (C=O) groups is 1. The largest absolute Gasteiger partial charge is 0.468 e. The highest BCUT2D eigenvalue weighted by Gasteiger charge is 2.22. The van der Waals surface area contributed by atoms with Crippen molar-refractivity contribution in [3.8, 4) is 0 Å². The van der Waals surface area contributed by atoms with Crippen molar-refractivity contribution in [2.45, 2.75) is 39.8 Å². The Morgan fingerprint density at radius 2 is 1.88 bits per heavy atom. The molecule has 138 valence electrons. The third kappa shape index (κ3) is 3.98. The normalized spacial score (nSPS) is 11.4. The van der Waals surface area contributed by atoms with Crippen LogP contribution in [0.2, 0.25) is 0 Å². The molecule has 0 saturated carbocycles. The number of rotatable bonds is 8. The summed E-state index contributed by atoms with van der Waals surface area (Å²) >= 11 is 0. The molecule has 2 rings (SSSR count). The van der Waals surface area contributed by atoms with Crippen molar-refractivity contribution >= 4 is 17.1 Å². The van der Waals surface area contributed by atoms with Gasteiger partial charge >= 0.3 is 11.7 Å². The van der Waals surface area contributed by atoms with Crippen LogP contribution < -0.4 is 16.1 Å². The lowest BCUT2D eigenvalue weighted by atomic mass is 10.3. The smallest absolute Gasteiger partial charge is 0.329 e. The molecule has 25 heavy (non-hydrogen) atoms. The number of methoxy groups -OCH3 is 1. The Balaban J connectivity index is 2.61. The summed E-state index contributed by atoms with van der Waals surface area (Å²) in [6, 6.07) is 0. The average Bonchev–Trinajstić information content (AvgIpc) is 2.92. The number of aryl methyl sites for hydroxylation is 1. The summed E-state index contributed by atoms with van der Waals surface area (Å²) in [5, 5.41) is 0. The van der Waals surface area contributed by atoms with Gasteiger partial charge in [0.1, 0.15) is 13.1 Å². The molecule has 0 aromatic carbocycles. The number of hydrogen-bond acceptors (Lipinski definition) is 5. The van der Waals surface area contributed by atoms with E-state index in [0.717, 1.165) is 25.9 Å². The number of imidazole rings is 1. The van der Waals surface area contributed by atoms with E-state index in [2.05, 4.69) is 23.8 Å². The minimum Gasteiger partial charge on any atom is -0.468 e. The molecule has 0 saturated heterocycles. The fourth-order valence-corrected chi connectivity index (χ4v) is 3.01. The van der Waals surface area contributed by atoms with E-state index in [1.165, 1.54) is 16.6 Å². The fourth-order valence-electron chi connectivity index (χ4n) is 3.01. The van der Waals surface area contributed by atoms with Gasteiger partial charge in [0.15, 0.2) is 17.0 Å². The van der Waals surface area contributed by atoms with E-state index in [4.69, 9.17) is 4.74 Å². The molecule has 2 aromatic rings. The van der Waals surface area contributed by atoms with E-state index in [-0.39, 0.29) is 17.7 Å². The molecule has 0 atom stereocenters. The minimum atomic E-state index is -0.548. The lowest BCUT2D eigenvalue weighted by Crippen LogP contribution is -3.10. The first kappa shape index (κ1) is 18.9. The second kappa shape index (κ2) is 8.11. The summed E-state index contributed by atoms with van der Waals surface area (Å²) in [5.74, 6) is 0.130. The van der Waals surface area contributed by atoms with Gasteiger partial charge in [0.05, 0.1) is 20.2 Å². The van der Waals surface area contributed by atoms with Crippen LogP contribution in [0.25, 0.3) is 11.2 Å². The summed E-state index contributed by atoms with van der Waals surface area (Å²) in [6.45, 7) is 6.61. The summed E-state index contributed by atoms with van der Waals surface area (Å²) < 4.78 is 7.59. The van der Waals surface area contributed by atoms with E-state index >= 15 is 0 Å². The molecule has 0 bridgehead atoms. The van der Waals surface area contributed by atoms with Gasteiger partial charge in [0, 0.05) is 7.05 Å². The molecule has 9 heteroatoms. The Morgan fingerprint density at radius 1 is 1.24 bits per heavy atom. The highest BCUT2D eigenvalue weighted by molar-refractivity contribution is 5.75. The molecular weight excluding hydrogens is 326 g/mol. The van der Waals surface area contributed by atoms with Crippen molar-refractivity contribution in [3.63, 3.8) is 0 Å². The molecule has 0 radical (unpaired) electrons. The predicted molar refractivity (Wildman–Crippen MR) is 92.6 cm³/mol. The second-order valence-electron chi connectivity index (χ2n) is 6.11. The number of hydrogen-bond donors (Lipinski definition) is 2. The standard InChI is InChI=1S/C16H25N5O4/c1-5-7-20(8-6-2)9-11-17-14-13(21(11)10-12(22)25-4)15(23)18-16(24)19(14)3/h5-10H2,1-4H3,(H,18,23,24)/p+1. The van der Waals surface area contributed by atoms with Crippen molar-refractivity contribution in [2.75, 3.05) is 20.2 Å². The van der Waals surface area contributed by atoms with Crippen LogP contribution >= 0.6 is 0 Å². The predicted octanol–water partition coefficient (Wildman–Crippen LogP) is -1.20. The van der Waals surface area contributed by atoms with Crippen LogP contribution in [0.5, 0.6) is 0 Å². The SMILES string of the molecule is CCC[NH+](CCC)Cc1nc2c(c(=O)[nH]c(=O)n2C)n1CC(=O)OC. The molecule has 0 aliphatic carbocycles. The van der Waals surface area contributed by atoms with Crippen molar-refractivity contribution in [3.05, 3.63) is 26.7 Å². The lowest BCUT2D eigenvalue weighted by Gasteiger charge is -2.18.